The molecular formula is C14H23NO4. The number of aldehydes is 1. The van der Waals surface area contributed by atoms with Crippen molar-refractivity contribution in [2.45, 2.75) is 19.3 Å². The Kier molecular flexibility index (Phi) is 8.78. The Hall–Kier alpha value is -1.43. The van der Waals surface area contributed by atoms with Crippen LogP contribution < -0.4 is 4.74 Å². The number of nitrogens with zero attached hydrogens (tertiary/aromatic N) is 1. The summed E-state index contributed by atoms with van der Waals surface area (Å²) < 4.78 is 5.65. The molecule has 0 amide bonds. The fraction of sp³-hybridized carbons (Fsp3) is 0.500. The lowest BCUT2D eigenvalue weighted by Gasteiger charge is -2.26. The second kappa shape index (κ2) is 9.49. The first-order valence-electron chi connectivity index (χ1n) is 6.29. The maximum absolute atomic E-state index is 10.5. The van der Waals surface area contributed by atoms with Crippen molar-refractivity contribution in [3.8, 4) is 5.75 Å². The van der Waals surface area contributed by atoms with Crippen LogP contribution in [0.3, 0.4) is 0 Å². The van der Waals surface area contributed by atoms with Crippen LogP contribution in [-0.4, -0.2) is 48.4 Å². The monoisotopic (exact) mass is 269 g/mol. The van der Waals surface area contributed by atoms with Crippen LogP contribution in [0.2, 0.25) is 0 Å². The van der Waals surface area contributed by atoms with Crippen LogP contribution in [0, 0.1) is 0 Å². The lowest BCUT2D eigenvalue weighted by atomic mass is 10.1. The standard InChI is InChI=1S/C14H19NO2.2H2O/c16-12-13-4-6-14(7-5-13)17-11-10-15-8-2-1-3-9-15;;/h4-7,12H,1-3,8-11H2;2*1H2. The molecule has 1 heterocycles. The van der Waals surface area contributed by atoms with Gasteiger partial charge in [-0.1, -0.05) is 6.42 Å². The van der Waals surface area contributed by atoms with Crippen molar-refractivity contribution >= 4 is 6.29 Å². The van der Waals surface area contributed by atoms with E-state index in [1.165, 1.54) is 32.4 Å². The van der Waals surface area contributed by atoms with Crippen molar-refractivity contribution in [1.29, 1.82) is 0 Å². The quantitative estimate of drug-likeness (QED) is 0.737. The molecule has 0 radical (unpaired) electrons. The van der Waals surface area contributed by atoms with E-state index in [1.807, 2.05) is 12.1 Å². The summed E-state index contributed by atoms with van der Waals surface area (Å²) >= 11 is 0. The molecule has 0 spiro atoms. The van der Waals surface area contributed by atoms with Gasteiger partial charge in [-0.3, -0.25) is 9.69 Å². The van der Waals surface area contributed by atoms with Crippen molar-refractivity contribution in [1.82, 2.24) is 4.90 Å². The molecule has 5 heteroatoms. The third kappa shape index (κ3) is 5.83. The summed E-state index contributed by atoms with van der Waals surface area (Å²) in [6, 6.07) is 7.26. The Balaban J connectivity index is 0.00000162. The number of likely N-dealkylation sites (tertiary alicyclic amines) is 1. The van der Waals surface area contributed by atoms with Crippen LogP contribution in [-0.2, 0) is 0 Å². The van der Waals surface area contributed by atoms with Crippen LogP contribution in [0.15, 0.2) is 24.3 Å². The molecule has 1 aliphatic rings. The summed E-state index contributed by atoms with van der Waals surface area (Å²) in [5, 5.41) is 0. The molecule has 1 aromatic rings. The molecule has 0 atom stereocenters. The molecule has 1 aromatic carbocycles. The van der Waals surface area contributed by atoms with Crippen LogP contribution in [0.1, 0.15) is 29.6 Å². The highest BCUT2D eigenvalue weighted by Crippen LogP contribution is 2.12. The Bertz CT molecular complexity index is 347. The smallest absolute Gasteiger partial charge is 0.150 e. The predicted molar refractivity (Wildman–Crippen MR) is 74.8 cm³/mol. The van der Waals surface area contributed by atoms with Crippen molar-refractivity contribution in [3.63, 3.8) is 0 Å². The zero-order chi connectivity index (χ0) is 11.9. The summed E-state index contributed by atoms with van der Waals surface area (Å²) in [5.41, 5.74) is 0.688. The molecule has 1 aliphatic heterocycles. The number of piperidine rings is 1. The first-order valence-corrected chi connectivity index (χ1v) is 6.29. The molecule has 2 rings (SSSR count). The molecule has 4 N–H and O–H groups in total. The van der Waals surface area contributed by atoms with E-state index in [4.69, 9.17) is 4.74 Å². The molecule has 1 saturated heterocycles. The first kappa shape index (κ1) is 17.6. The van der Waals surface area contributed by atoms with E-state index < -0.39 is 0 Å². The van der Waals surface area contributed by atoms with Gasteiger partial charge in [0.25, 0.3) is 0 Å². The molecule has 0 unspecified atom stereocenters. The van der Waals surface area contributed by atoms with E-state index in [0.29, 0.717) is 5.56 Å². The summed E-state index contributed by atoms with van der Waals surface area (Å²) in [6.45, 7) is 4.12. The van der Waals surface area contributed by atoms with E-state index in [2.05, 4.69) is 4.90 Å². The van der Waals surface area contributed by atoms with E-state index in [1.54, 1.807) is 12.1 Å². The van der Waals surface area contributed by atoms with Gasteiger partial charge in [0.1, 0.15) is 18.6 Å². The number of carbonyl (C=O) groups is 1. The Morgan fingerprint density at radius 1 is 1.05 bits per heavy atom. The van der Waals surface area contributed by atoms with Gasteiger partial charge >= 0.3 is 0 Å². The SMILES string of the molecule is O.O.O=Cc1ccc(OCCN2CCCCC2)cc1. The van der Waals surface area contributed by atoms with Crippen LogP contribution >= 0.6 is 0 Å². The van der Waals surface area contributed by atoms with E-state index in [-0.39, 0.29) is 11.0 Å². The molecule has 1 fully saturated rings. The summed E-state index contributed by atoms with van der Waals surface area (Å²) in [5.74, 6) is 0.840. The molecule has 19 heavy (non-hydrogen) atoms. The van der Waals surface area contributed by atoms with Gasteiger partial charge in [-0.15, -0.1) is 0 Å². The number of rotatable bonds is 5. The largest absolute Gasteiger partial charge is 0.492 e. The lowest BCUT2D eigenvalue weighted by Crippen LogP contribution is -2.33. The van der Waals surface area contributed by atoms with Crippen molar-refractivity contribution in [2.24, 2.45) is 0 Å². The molecule has 0 bridgehead atoms. The maximum atomic E-state index is 10.5. The van der Waals surface area contributed by atoms with E-state index in [0.717, 1.165) is 25.2 Å². The highest BCUT2D eigenvalue weighted by atomic mass is 16.5. The Labute approximate surface area is 113 Å². The average Bonchev–Trinajstić information content (AvgIpc) is 2.41. The van der Waals surface area contributed by atoms with Gasteiger partial charge in [-0.2, -0.15) is 0 Å². The van der Waals surface area contributed by atoms with Crippen molar-refractivity contribution in [3.05, 3.63) is 29.8 Å². The summed E-state index contributed by atoms with van der Waals surface area (Å²) in [4.78, 5) is 12.9. The van der Waals surface area contributed by atoms with Gasteiger partial charge in [-0.25, -0.2) is 0 Å². The topological polar surface area (TPSA) is 92.5 Å². The minimum atomic E-state index is 0. The fourth-order valence-electron chi connectivity index (χ4n) is 2.12. The number of carbonyl (C=O) groups excluding carboxylic acids is 1. The Morgan fingerprint density at radius 2 is 1.68 bits per heavy atom. The fourth-order valence-corrected chi connectivity index (χ4v) is 2.12. The van der Waals surface area contributed by atoms with Gasteiger partial charge in [0.15, 0.2) is 0 Å². The van der Waals surface area contributed by atoms with Gasteiger partial charge in [0.2, 0.25) is 0 Å². The molecule has 0 aromatic heterocycles. The minimum absolute atomic E-state index is 0. The normalized spacial score (nSPS) is 14.9. The number of hydrogen-bond acceptors (Lipinski definition) is 3. The van der Waals surface area contributed by atoms with Crippen molar-refractivity contribution < 1.29 is 20.5 Å². The summed E-state index contributed by atoms with van der Waals surface area (Å²) in [6.07, 6.45) is 4.84. The maximum Gasteiger partial charge on any atom is 0.150 e. The zero-order valence-electron chi connectivity index (χ0n) is 11.1. The van der Waals surface area contributed by atoms with Gasteiger partial charge in [0.05, 0.1) is 0 Å². The van der Waals surface area contributed by atoms with Crippen LogP contribution in [0.25, 0.3) is 0 Å². The molecule has 5 nitrogen and oxygen atoms in total. The van der Waals surface area contributed by atoms with E-state index in [9.17, 15) is 4.79 Å². The highest BCUT2D eigenvalue weighted by molar-refractivity contribution is 5.74. The van der Waals surface area contributed by atoms with Crippen LogP contribution in [0.4, 0.5) is 0 Å². The summed E-state index contributed by atoms with van der Waals surface area (Å²) in [7, 11) is 0. The van der Waals surface area contributed by atoms with Crippen LogP contribution in [0.5, 0.6) is 5.75 Å². The average molecular weight is 269 g/mol. The number of benzene rings is 1. The zero-order valence-corrected chi connectivity index (χ0v) is 11.1. The minimum Gasteiger partial charge on any atom is -0.492 e. The predicted octanol–water partition coefficient (Wildman–Crippen LogP) is 0.714. The van der Waals surface area contributed by atoms with Gasteiger partial charge in [-0.05, 0) is 50.2 Å². The number of ether oxygens (including phenoxy) is 1. The number of hydrogen-bond donors (Lipinski definition) is 0. The molecule has 0 aliphatic carbocycles. The molecule has 0 saturated carbocycles. The van der Waals surface area contributed by atoms with Gasteiger partial charge < -0.3 is 15.7 Å². The lowest BCUT2D eigenvalue weighted by molar-refractivity contribution is 0.112. The second-order valence-corrected chi connectivity index (χ2v) is 4.44. The highest BCUT2D eigenvalue weighted by Gasteiger charge is 2.09. The third-order valence-corrected chi connectivity index (χ3v) is 3.14. The first-order chi connectivity index (χ1) is 8.38. The molecular weight excluding hydrogens is 246 g/mol. The van der Waals surface area contributed by atoms with E-state index >= 15 is 0 Å². The second-order valence-electron chi connectivity index (χ2n) is 4.44. The Morgan fingerprint density at radius 3 is 2.26 bits per heavy atom. The molecule has 108 valence electrons. The third-order valence-electron chi connectivity index (χ3n) is 3.14. The van der Waals surface area contributed by atoms with Crippen molar-refractivity contribution in [2.75, 3.05) is 26.2 Å². The van der Waals surface area contributed by atoms with Gasteiger partial charge in [0, 0.05) is 12.1 Å².